The van der Waals surface area contributed by atoms with Crippen molar-refractivity contribution in [3.63, 3.8) is 0 Å². The van der Waals surface area contributed by atoms with Crippen LogP contribution < -0.4 is 20.7 Å². The number of amides is 3. The number of hydrogen-bond donors (Lipinski definition) is 3. The van der Waals surface area contributed by atoms with Crippen molar-refractivity contribution in [3.8, 4) is 17.6 Å². The smallest absolute Gasteiger partial charge is 0.319 e. The van der Waals surface area contributed by atoms with E-state index in [1.165, 1.54) is 24.3 Å². The highest BCUT2D eigenvalue weighted by Gasteiger charge is 2.07. The zero-order valence-electron chi connectivity index (χ0n) is 15.7. The van der Waals surface area contributed by atoms with Gasteiger partial charge in [0.1, 0.15) is 17.3 Å². The minimum Gasteiger partial charge on any atom is -0.457 e. The predicted octanol–water partition coefficient (Wildman–Crippen LogP) is 4.25. The molecule has 0 aliphatic carbocycles. The summed E-state index contributed by atoms with van der Waals surface area (Å²) in [6, 6.07) is 20.1. The first-order valence-corrected chi connectivity index (χ1v) is 8.90. The second-order valence-corrected chi connectivity index (χ2v) is 6.13. The van der Waals surface area contributed by atoms with Crippen molar-refractivity contribution in [2.24, 2.45) is 0 Å². The zero-order valence-corrected chi connectivity index (χ0v) is 15.7. The van der Waals surface area contributed by atoms with Gasteiger partial charge in [-0.1, -0.05) is 0 Å². The molecule has 0 fully saturated rings. The van der Waals surface area contributed by atoms with Gasteiger partial charge in [-0.3, -0.25) is 4.79 Å². The van der Waals surface area contributed by atoms with Crippen LogP contribution in [-0.4, -0.2) is 18.5 Å². The first kappa shape index (κ1) is 20.4. The van der Waals surface area contributed by atoms with Crippen LogP contribution in [0.5, 0.6) is 11.5 Å². The Morgan fingerprint density at radius 1 is 0.833 bits per heavy atom. The van der Waals surface area contributed by atoms with Gasteiger partial charge in [-0.15, -0.1) is 0 Å². The molecule has 0 radical (unpaired) electrons. The van der Waals surface area contributed by atoms with E-state index in [0.717, 1.165) is 0 Å². The van der Waals surface area contributed by atoms with E-state index in [4.69, 9.17) is 10.00 Å². The quantitative estimate of drug-likeness (QED) is 0.571. The molecule has 30 heavy (non-hydrogen) atoms. The minimum atomic E-state index is -0.551. The van der Waals surface area contributed by atoms with E-state index in [1.807, 2.05) is 6.07 Å². The molecule has 0 aliphatic heterocycles. The van der Waals surface area contributed by atoms with E-state index in [9.17, 15) is 14.0 Å². The van der Waals surface area contributed by atoms with Crippen molar-refractivity contribution in [1.29, 1.82) is 5.26 Å². The molecule has 3 aromatic carbocycles. The van der Waals surface area contributed by atoms with Crippen LogP contribution in [0.15, 0.2) is 72.8 Å². The Kier molecular flexibility index (Phi) is 6.59. The van der Waals surface area contributed by atoms with Crippen molar-refractivity contribution in [1.82, 2.24) is 5.32 Å². The Labute approximate surface area is 172 Å². The Morgan fingerprint density at radius 2 is 1.37 bits per heavy atom. The maximum absolute atomic E-state index is 12.9. The number of halogens is 1. The third-order valence-electron chi connectivity index (χ3n) is 3.87. The third-order valence-corrected chi connectivity index (χ3v) is 3.87. The van der Waals surface area contributed by atoms with E-state index in [0.29, 0.717) is 28.4 Å². The van der Waals surface area contributed by atoms with Crippen molar-refractivity contribution in [2.75, 3.05) is 17.2 Å². The number of benzene rings is 3. The summed E-state index contributed by atoms with van der Waals surface area (Å²) in [5.74, 6) is 0.297. The Morgan fingerprint density at radius 3 is 1.97 bits per heavy atom. The van der Waals surface area contributed by atoms with Gasteiger partial charge in [0.05, 0.1) is 18.2 Å². The minimum absolute atomic E-state index is 0.247. The Balaban J connectivity index is 1.45. The zero-order chi connectivity index (χ0) is 21.3. The fraction of sp³-hybridized carbons (Fsp3) is 0.0455. The van der Waals surface area contributed by atoms with E-state index in [1.54, 1.807) is 48.5 Å². The van der Waals surface area contributed by atoms with Crippen molar-refractivity contribution in [2.45, 2.75) is 0 Å². The molecule has 0 spiro atoms. The molecule has 3 amide bonds. The summed E-state index contributed by atoms with van der Waals surface area (Å²) in [5, 5.41) is 16.4. The lowest BCUT2D eigenvalue weighted by Crippen LogP contribution is -2.35. The summed E-state index contributed by atoms with van der Waals surface area (Å²) in [6.45, 7) is -0.247. The number of carbonyl (C=O) groups excluding carboxylic acids is 2. The first-order chi connectivity index (χ1) is 14.5. The molecule has 3 N–H and O–H groups in total. The second kappa shape index (κ2) is 9.71. The van der Waals surface area contributed by atoms with Crippen molar-refractivity contribution < 1.29 is 18.7 Å². The molecule has 0 atom stereocenters. The van der Waals surface area contributed by atoms with Gasteiger partial charge in [-0.25, -0.2) is 9.18 Å². The van der Waals surface area contributed by atoms with E-state index < -0.39 is 17.8 Å². The Hall–Kier alpha value is -4.38. The number of nitriles is 1. The maximum atomic E-state index is 12.9. The van der Waals surface area contributed by atoms with Gasteiger partial charge in [0.25, 0.3) is 0 Å². The normalized spacial score (nSPS) is 9.87. The summed E-state index contributed by atoms with van der Waals surface area (Å²) >= 11 is 0. The average molecular weight is 404 g/mol. The molecular weight excluding hydrogens is 387 g/mol. The Bertz CT molecular complexity index is 1060. The molecule has 0 saturated heterocycles. The lowest BCUT2D eigenvalue weighted by molar-refractivity contribution is -0.115. The summed E-state index contributed by atoms with van der Waals surface area (Å²) in [4.78, 5) is 23.8. The van der Waals surface area contributed by atoms with Gasteiger partial charge in [0.2, 0.25) is 5.91 Å². The summed E-state index contributed by atoms with van der Waals surface area (Å²) < 4.78 is 18.5. The number of urea groups is 1. The van der Waals surface area contributed by atoms with Crippen LogP contribution in [0, 0.1) is 17.1 Å². The number of rotatable bonds is 6. The predicted molar refractivity (Wildman–Crippen MR) is 110 cm³/mol. The second-order valence-electron chi connectivity index (χ2n) is 6.13. The molecule has 0 bridgehead atoms. The first-order valence-electron chi connectivity index (χ1n) is 8.90. The number of anilines is 2. The third kappa shape index (κ3) is 6.07. The monoisotopic (exact) mass is 404 g/mol. The maximum Gasteiger partial charge on any atom is 0.319 e. The number of carbonyl (C=O) groups is 2. The SMILES string of the molecule is N#Cc1ccc(Oc2ccc(NC(=O)NCC(=O)Nc3ccc(F)cc3)cc2)cc1. The van der Waals surface area contributed by atoms with Gasteiger partial charge >= 0.3 is 6.03 Å². The average Bonchev–Trinajstić information content (AvgIpc) is 2.76. The van der Waals surface area contributed by atoms with Crippen LogP contribution in [0.4, 0.5) is 20.6 Å². The van der Waals surface area contributed by atoms with Crippen LogP contribution in [0.1, 0.15) is 5.56 Å². The van der Waals surface area contributed by atoms with Crippen LogP contribution in [-0.2, 0) is 4.79 Å². The molecule has 0 aromatic heterocycles. The summed E-state index contributed by atoms with van der Waals surface area (Å²) in [6.07, 6.45) is 0. The van der Waals surface area contributed by atoms with Crippen LogP contribution >= 0.6 is 0 Å². The van der Waals surface area contributed by atoms with Gasteiger partial charge in [-0.2, -0.15) is 5.26 Å². The number of ether oxygens (including phenoxy) is 1. The van der Waals surface area contributed by atoms with Gasteiger partial charge < -0.3 is 20.7 Å². The molecule has 8 heteroatoms. The molecule has 0 heterocycles. The number of nitrogens with zero attached hydrogens (tertiary/aromatic N) is 1. The number of nitrogens with one attached hydrogen (secondary N) is 3. The van der Waals surface area contributed by atoms with E-state index in [-0.39, 0.29) is 6.54 Å². The molecule has 7 nitrogen and oxygen atoms in total. The van der Waals surface area contributed by atoms with Crippen LogP contribution in [0.3, 0.4) is 0 Å². The van der Waals surface area contributed by atoms with E-state index >= 15 is 0 Å². The highest BCUT2D eigenvalue weighted by atomic mass is 19.1. The molecule has 0 saturated carbocycles. The van der Waals surface area contributed by atoms with E-state index in [2.05, 4.69) is 16.0 Å². The van der Waals surface area contributed by atoms with Crippen LogP contribution in [0.25, 0.3) is 0 Å². The molecule has 3 rings (SSSR count). The largest absolute Gasteiger partial charge is 0.457 e. The number of hydrogen-bond acceptors (Lipinski definition) is 4. The standard InChI is InChI=1S/C22H17FN4O3/c23-16-3-5-17(6-4-16)26-21(28)14-25-22(29)27-18-7-11-20(12-8-18)30-19-9-1-15(13-24)2-10-19/h1-12H,14H2,(H,26,28)(H2,25,27,29). The molecule has 3 aromatic rings. The lowest BCUT2D eigenvalue weighted by atomic mass is 10.2. The van der Waals surface area contributed by atoms with Crippen molar-refractivity contribution in [3.05, 3.63) is 84.2 Å². The van der Waals surface area contributed by atoms with Crippen LogP contribution in [0.2, 0.25) is 0 Å². The van der Waals surface area contributed by atoms with Gasteiger partial charge in [-0.05, 0) is 72.8 Å². The van der Waals surface area contributed by atoms with Gasteiger partial charge in [0.15, 0.2) is 0 Å². The highest BCUT2D eigenvalue weighted by Crippen LogP contribution is 2.23. The molecular formula is C22H17FN4O3. The fourth-order valence-electron chi connectivity index (χ4n) is 2.41. The van der Waals surface area contributed by atoms with Gasteiger partial charge in [0, 0.05) is 11.4 Å². The summed E-state index contributed by atoms with van der Waals surface area (Å²) in [5.41, 5.74) is 1.49. The molecule has 0 aliphatic rings. The topological polar surface area (TPSA) is 103 Å². The molecule has 0 unspecified atom stereocenters. The van der Waals surface area contributed by atoms with Crippen molar-refractivity contribution >= 4 is 23.3 Å². The molecule has 150 valence electrons. The highest BCUT2D eigenvalue weighted by molar-refractivity contribution is 5.96. The summed E-state index contributed by atoms with van der Waals surface area (Å²) in [7, 11) is 0. The lowest BCUT2D eigenvalue weighted by Gasteiger charge is -2.10. The fourth-order valence-corrected chi connectivity index (χ4v) is 2.41.